The lowest BCUT2D eigenvalue weighted by atomic mass is 10.2. The Morgan fingerprint density at radius 1 is 1.03 bits per heavy atom. The topological polar surface area (TPSA) is 93.0 Å². The highest BCUT2D eigenvalue weighted by Gasteiger charge is 2.20. The first-order valence-corrected chi connectivity index (χ1v) is 11.7. The summed E-state index contributed by atoms with van der Waals surface area (Å²) in [6.45, 7) is 2.29. The van der Waals surface area contributed by atoms with Gasteiger partial charge in [-0.05, 0) is 42.8 Å². The zero-order valence-electron chi connectivity index (χ0n) is 18.4. The number of nitrogens with one attached hydrogen (secondary N) is 2. The van der Waals surface area contributed by atoms with Crippen LogP contribution >= 0.6 is 11.8 Å². The maximum absolute atomic E-state index is 12.7. The van der Waals surface area contributed by atoms with Crippen LogP contribution in [0.3, 0.4) is 0 Å². The molecule has 0 unspecified atom stereocenters. The van der Waals surface area contributed by atoms with Crippen LogP contribution in [0.2, 0.25) is 0 Å². The van der Waals surface area contributed by atoms with Gasteiger partial charge in [0, 0.05) is 22.8 Å². The van der Waals surface area contributed by atoms with Crippen LogP contribution in [-0.4, -0.2) is 26.3 Å². The van der Waals surface area contributed by atoms with Gasteiger partial charge in [-0.2, -0.15) is 0 Å². The summed E-state index contributed by atoms with van der Waals surface area (Å²) in [5.41, 5.74) is 3.62. The number of aromatic amines is 1. The van der Waals surface area contributed by atoms with Crippen LogP contribution in [0.1, 0.15) is 12.5 Å². The molecule has 34 heavy (non-hydrogen) atoms. The minimum Gasteiger partial charge on any atom is -0.489 e. The van der Waals surface area contributed by atoms with E-state index in [0.717, 1.165) is 27.8 Å². The van der Waals surface area contributed by atoms with Gasteiger partial charge in [-0.1, -0.05) is 60.3 Å². The molecule has 2 N–H and O–H groups in total. The SMILES string of the molecule is C[C@H](Sc1nnc(-c2c[nH]c3ccccc23)o1)C(=O)Nc1ccc(OCc2ccccc2)cc1. The number of thioether (sulfide) groups is 1. The van der Waals surface area contributed by atoms with E-state index < -0.39 is 5.25 Å². The second kappa shape index (κ2) is 9.84. The predicted molar refractivity (Wildman–Crippen MR) is 133 cm³/mol. The lowest BCUT2D eigenvalue weighted by molar-refractivity contribution is -0.115. The Kier molecular flexibility index (Phi) is 6.31. The predicted octanol–water partition coefficient (Wildman–Crippen LogP) is 5.92. The summed E-state index contributed by atoms with van der Waals surface area (Å²) >= 11 is 1.22. The van der Waals surface area contributed by atoms with Gasteiger partial charge >= 0.3 is 0 Å². The Labute approximate surface area is 200 Å². The van der Waals surface area contributed by atoms with E-state index in [1.54, 1.807) is 6.92 Å². The summed E-state index contributed by atoms with van der Waals surface area (Å²) in [4.78, 5) is 15.9. The molecule has 0 fully saturated rings. The average Bonchev–Trinajstić information content (AvgIpc) is 3.51. The third-order valence-corrected chi connectivity index (χ3v) is 6.18. The Morgan fingerprint density at radius 3 is 2.62 bits per heavy atom. The minimum absolute atomic E-state index is 0.158. The number of benzene rings is 3. The molecule has 1 atom stereocenters. The Hall–Kier alpha value is -4.04. The molecular weight excluding hydrogens is 448 g/mol. The largest absolute Gasteiger partial charge is 0.489 e. The van der Waals surface area contributed by atoms with Crippen molar-refractivity contribution in [1.29, 1.82) is 0 Å². The number of amides is 1. The number of carbonyl (C=O) groups is 1. The first-order valence-electron chi connectivity index (χ1n) is 10.8. The molecule has 0 bridgehead atoms. The number of hydrogen-bond donors (Lipinski definition) is 2. The van der Waals surface area contributed by atoms with Crippen molar-refractivity contribution in [3.05, 3.63) is 90.6 Å². The molecule has 0 aliphatic heterocycles. The quantitative estimate of drug-likeness (QED) is 0.274. The van der Waals surface area contributed by atoms with Crippen molar-refractivity contribution in [1.82, 2.24) is 15.2 Å². The fraction of sp³-hybridized carbons (Fsp3) is 0.115. The van der Waals surface area contributed by atoms with Crippen molar-refractivity contribution < 1.29 is 13.9 Å². The summed E-state index contributed by atoms with van der Waals surface area (Å²) in [6, 6.07) is 25.2. The molecule has 5 aromatic rings. The van der Waals surface area contributed by atoms with E-state index in [9.17, 15) is 4.79 Å². The Bertz CT molecular complexity index is 1400. The molecule has 170 valence electrons. The molecule has 0 aliphatic rings. The molecule has 1 amide bonds. The number of rotatable bonds is 8. The molecule has 0 saturated heterocycles. The van der Waals surface area contributed by atoms with Crippen molar-refractivity contribution in [2.45, 2.75) is 24.0 Å². The van der Waals surface area contributed by atoms with Gasteiger partial charge in [0.2, 0.25) is 5.91 Å². The van der Waals surface area contributed by atoms with Crippen molar-refractivity contribution in [2.24, 2.45) is 0 Å². The number of ether oxygens (including phenoxy) is 1. The molecule has 2 heterocycles. The first kappa shape index (κ1) is 21.8. The van der Waals surface area contributed by atoms with Gasteiger partial charge < -0.3 is 19.5 Å². The molecule has 5 rings (SSSR count). The maximum Gasteiger partial charge on any atom is 0.277 e. The molecule has 0 saturated carbocycles. The lowest BCUT2D eigenvalue weighted by Crippen LogP contribution is -2.22. The summed E-state index contributed by atoms with van der Waals surface area (Å²) in [7, 11) is 0. The molecule has 2 aromatic heterocycles. The number of carbonyl (C=O) groups excluding carboxylic acids is 1. The number of hydrogen-bond acceptors (Lipinski definition) is 6. The van der Waals surface area contributed by atoms with Gasteiger partial charge in [-0.25, -0.2) is 0 Å². The first-order chi connectivity index (χ1) is 16.7. The highest BCUT2D eigenvalue weighted by Crippen LogP contribution is 2.31. The minimum atomic E-state index is -0.426. The smallest absolute Gasteiger partial charge is 0.277 e. The lowest BCUT2D eigenvalue weighted by Gasteiger charge is -2.11. The van der Waals surface area contributed by atoms with Crippen LogP contribution in [0.15, 0.2) is 94.7 Å². The Balaban J connectivity index is 1.16. The van der Waals surface area contributed by atoms with Gasteiger partial charge in [-0.3, -0.25) is 4.79 Å². The molecule has 7 nitrogen and oxygen atoms in total. The summed E-state index contributed by atoms with van der Waals surface area (Å²) < 4.78 is 11.6. The van der Waals surface area contributed by atoms with Crippen molar-refractivity contribution in [2.75, 3.05) is 5.32 Å². The van der Waals surface area contributed by atoms with Crippen LogP contribution in [0, 0.1) is 0 Å². The standard InChI is InChI=1S/C26H22N4O3S/c1-17(34-26-30-29-25(33-26)22-15-27-23-10-6-5-9-21(22)23)24(31)28-19-11-13-20(14-12-19)32-16-18-7-3-2-4-8-18/h2-15,17,27H,16H2,1H3,(H,28,31)/t17-/m0/s1. The summed E-state index contributed by atoms with van der Waals surface area (Å²) in [5, 5.41) is 12.1. The molecule has 3 aromatic carbocycles. The van der Waals surface area contributed by atoms with Crippen molar-refractivity contribution in [3.8, 4) is 17.2 Å². The van der Waals surface area contributed by atoms with Crippen molar-refractivity contribution >= 4 is 34.3 Å². The number of anilines is 1. The molecule has 0 spiro atoms. The summed E-state index contributed by atoms with van der Waals surface area (Å²) in [5.74, 6) is 0.994. The number of H-pyrrole nitrogens is 1. The summed E-state index contributed by atoms with van der Waals surface area (Å²) in [6.07, 6.45) is 1.84. The van der Waals surface area contributed by atoms with E-state index in [0.29, 0.717) is 23.4 Å². The second-order valence-electron chi connectivity index (χ2n) is 7.67. The van der Waals surface area contributed by atoms with Gasteiger partial charge in [-0.15, -0.1) is 10.2 Å². The second-order valence-corrected chi connectivity index (χ2v) is 8.96. The van der Waals surface area contributed by atoms with Gasteiger partial charge in [0.15, 0.2) is 0 Å². The number of fused-ring (bicyclic) bond motifs is 1. The number of aromatic nitrogens is 3. The van der Waals surface area contributed by atoms with Crippen molar-refractivity contribution in [3.63, 3.8) is 0 Å². The highest BCUT2D eigenvalue weighted by molar-refractivity contribution is 8.00. The number of para-hydroxylation sites is 1. The fourth-order valence-electron chi connectivity index (χ4n) is 3.44. The van der Waals surface area contributed by atoms with Crippen LogP contribution in [-0.2, 0) is 11.4 Å². The van der Waals surface area contributed by atoms with Crippen LogP contribution in [0.5, 0.6) is 5.75 Å². The fourth-order valence-corrected chi connectivity index (χ4v) is 4.12. The van der Waals surface area contributed by atoms with E-state index in [1.165, 1.54) is 11.8 Å². The normalized spacial score (nSPS) is 11.9. The third kappa shape index (κ3) is 4.97. The number of nitrogens with zero attached hydrogens (tertiary/aromatic N) is 2. The molecule has 0 radical (unpaired) electrons. The van der Waals surface area contributed by atoms with Crippen LogP contribution < -0.4 is 10.1 Å². The van der Waals surface area contributed by atoms with Gasteiger partial charge in [0.25, 0.3) is 11.1 Å². The molecule has 0 aliphatic carbocycles. The van der Waals surface area contributed by atoms with E-state index in [-0.39, 0.29) is 5.91 Å². The van der Waals surface area contributed by atoms with E-state index in [1.807, 2.05) is 85.1 Å². The van der Waals surface area contributed by atoms with E-state index in [4.69, 9.17) is 9.15 Å². The van der Waals surface area contributed by atoms with E-state index >= 15 is 0 Å². The van der Waals surface area contributed by atoms with Gasteiger partial charge in [0.05, 0.1) is 10.8 Å². The van der Waals surface area contributed by atoms with Crippen LogP contribution in [0.25, 0.3) is 22.4 Å². The van der Waals surface area contributed by atoms with Crippen LogP contribution in [0.4, 0.5) is 5.69 Å². The molecular formula is C26H22N4O3S. The average molecular weight is 471 g/mol. The molecule has 8 heteroatoms. The maximum atomic E-state index is 12.7. The van der Waals surface area contributed by atoms with Gasteiger partial charge in [0.1, 0.15) is 12.4 Å². The zero-order valence-corrected chi connectivity index (χ0v) is 19.2. The zero-order chi connectivity index (χ0) is 23.3. The Morgan fingerprint density at radius 2 is 1.79 bits per heavy atom. The monoisotopic (exact) mass is 470 g/mol. The third-order valence-electron chi connectivity index (χ3n) is 5.24. The highest BCUT2D eigenvalue weighted by atomic mass is 32.2. The van der Waals surface area contributed by atoms with E-state index in [2.05, 4.69) is 20.5 Å².